The summed E-state index contributed by atoms with van der Waals surface area (Å²) < 4.78 is 45.5. The minimum absolute atomic E-state index is 0.0416. The van der Waals surface area contributed by atoms with E-state index < -0.39 is 16.2 Å². The fourth-order valence-electron chi connectivity index (χ4n) is 5.41. The molecule has 43 heavy (non-hydrogen) atoms. The molecule has 0 bridgehead atoms. The fourth-order valence-corrected chi connectivity index (χ4v) is 6.99. The van der Waals surface area contributed by atoms with Crippen molar-refractivity contribution >= 4 is 27.1 Å². The van der Waals surface area contributed by atoms with Gasteiger partial charge in [0.15, 0.2) is 11.5 Å². The smallest absolute Gasteiger partial charge is 0.415 e. The van der Waals surface area contributed by atoms with Crippen LogP contribution in [0, 0.1) is 6.92 Å². The zero-order valence-electron chi connectivity index (χ0n) is 26.9. The summed E-state index contributed by atoms with van der Waals surface area (Å²) in [4.78, 5) is 26.0. The van der Waals surface area contributed by atoms with Crippen LogP contribution in [-0.4, -0.2) is 74.1 Å². The summed E-state index contributed by atoms with van der Waals surface area (Å²) in [7, 11) is -0.862. The van der Waals surface area contributed by atoms with E-state index in [9.17, 15) is 13.2 Å². The van der Waals surface area contributed by atoms with E-state index >= 15 is 0 Å². The quantitative estimate of drug-likeness (QED) is 0.274. The highest BCUT2D eigenvalue weighted by molar-refractivity contribution is 7.87. The lowest BCUT2D eigenvalue weighted by Gasteiger charge is -2.37. The van der Waals surface area contributed by atoms with Crippen LogP contribution in [0.15, 0.2) is 29.2 Å². The molecule has 1 amide bonds. The number of piperazine rings is 1. The van der Waals surface area contributed by atoms with E-state index in [2.05, 4.69) is 28.7 Å². The molecule has 2 aromatic carbocycles. The van der Waals surface area contributed by atoms with Crippen molar-refractivity contribution in [2.24, 2.45) is 0 Å². The predicted molar refractivity (Wildman–Crippen MR) is 167 cm³/mol. The van der Waals surface area contributed by atoms with Crippen LogP contribution in [0.1, 0.15) is 88.7 Å². The first kappa shape index (κ1) is 32.5. The molecule has 1 unspecified atom stereocenters. The Balaban J connectivity index is 1.82. The molecule has 1 aliphatic rings. The molecule has 10 nitrogen and oxygen atoms in total. The lowest BCUT2D eigenvalue weighted by atomic mass is 9.89. The number of methoxy groups -OCH3 is 1. The van der Waals surface area contributed by atoms with E-state index in [0.29, 0.717) is 29.0 Å². The molecule has 4 rings (SSSR count). The Morgan fingerprint density at radius 3 is 2.09 bits per heavy atom. The van der Waals surface area contributed by atoms with E-state index in [1.165, 1.54) is 13.2 Å². The van der Waals surface area contributed by atoms with Crippen LogP contribution in [0.5, 0.6) is 17.4 Å². The monoisotopic (exact) mass is 612 g/mol. The lowest BCUT2D eigenvalue weighted by Crippen LogP contribution is -2.53. The maximum absolute atomic E-state index is 14.1. The highest BCUT2D eigenvalue weighted by atomic mass is 32.2. The van der Waals surface area contributed by atoms with Gasteiger partial charge in [-0.05, 0) is 61.4 Å². The molecule has 1 fully saturated rings. The number of aromatic nitrogens is 2. The third kappa shape index (κ3) is 6.88. The first-order valence-electron chi connectivity index (χ1n) is 14.8. The number of carbonyl (C=O) groups excluding carboxylic acids is 1. The van der Waals surface area contributed by atoms with Gasteiger partial charge in [0.1, 0.15) is 10.7 Å². The summed E-state index contributed by atoms with van der Waals surface area (Å²) in [6.07, 6.45) is -0.519. The Hall–Kier alpha value is -3.44. The summed E-state index contributed by atoms with van der Waals surface area (Å²) in [5, 5.41) is 0.278. The Morgan fingerprint density at radius 2 is 1.56 bits per heavy atom. The average molecular weight is 613 g/mol. The predicted octanol–water partition coefficient (Wildman–Crippen LogP) is 6.22. The molecule has 1 aromatic heterocycles. The van der Waals surface area contributed by atoms with Crippen LogP contribution >= 0.6 is 0 Å². The SMILES string of the molecule is COc1cc2nc(C)nc(OS(=O)(=O)c3c(C(C)C)cc(C(C)C)cc3C(C)C)c2cc1OC(=O)N1CCN(C)CC1C. The van der Waals surface area contributed by atoms with Crippen molar-refractivity contribution in [3.05, 3.63) is 46.8 Å². The highest BCUT2D eigenvalue weighted by Gasteiger charge is 2.31. The van der Waals surface area contributed by atoms with Crippen LogP contribution in [-0.2, 0) is 10.1 Å². The van der Waals surface area contributed by atoms with Crippen LogP contribution in [0.25, 0.3) is 10.9 Å². The lowest BCUT2D eigenvalue weighted by molar-refractivity contribution is 0.0886. The molecule has 0 spiro atoms. The van der Waals surface area contributed by atoms with Crippen LogP contribution < -0.4 is 13.7 Å². The van der Waals surface area contributed by atoms with Crippen molar-refractivity contribution in [1.29, 1.82) is 0 Å². The second-order valence-corrected chi connectivity index (χ2v) is 13.8. The molecule has 11 heteroatoms. The van der Waals surface area contributed by atoms with Gasteiger partial charge < -0.3 is 23.5 Å². The van der Waals surface area contributed by atoms with Crippen molar-refractivity contribution in [3.63, 3.8) is 0 Å². The number of nitrogens with zero attached hydrogens (tertiary/aromatic N) is 4. The van der Waals surface area contributed by atoms with Crippen LogP contribution in [0.4, 0.5) is 4.79 Å². The first-order valence-corrected chi connectivity index (χ1v) is 16.2. The molecule has 0 aliphatic carbocycles. The maximum atomic E-state index is 14.1. The number of amides is 1. The minimum atomic E-state index is -4.34. The molecular formula is C32H44N4O6S. The summed E-state index contributed by atoms with van der Waals surface area (Å²) in [5.74, 6) is 0.662. The number of benzene rings is 2. The van der Waals surface area contributed by atoms with Gasteiger partial charge in [-0.15, -0.1) is 0 Å². The molecule has 234 valence electrons. The Bertz CT molecular complexity index is 1590. The minimum Gasteiger partial charge on any atom is -0.493 e. The number of likely N-dealkylation sites (N-methyl/N-ethyl adjacent to an activating group) is 1. The van der Waals surface area contributed by atoms with Gasteiger partial charge in [-0.3, -0.25) is 0 Å². The van der Waals surface area contributed by atoms with Crippen LogP contribution in [0.2, 0.25) is 0 Å². The van der Waals surface area contributed by atoms with Gasteiger partial charge >= 0.3 is 16.2 Å². The zero-order chi connectivity index (χ0) is 31.8. The van der Waals surface area contributed by atoms with Crippen molar-refractivity contribution in [1.82, 2.24) is 19.8 Å². The first-order chi connectivity index (χ1) is 20.1. The summed E-state index contributed by atoms with van der Waals surface area (Å²) in [6.45, 7) is 17.7. The molecule has 3 aromatic rings. The van der Waals surface area contributed by atoms with Gasteiger partial charge in [0.25, 0.3) is 0 Å². The maximum Gasteiger partial charge on any atom is 0.415 e. The fraction of sp³-hybridized carbons (Fsp3) is 0.531. The highest BCUT2D eigenvalue weighted by Crippen LogP contribution is 2.39. The summed E-state index contributed by atoms with van der Waals surface area (Å²) >= 11 is 0. The molecule has 1 saturated heterocycles. The number of fused-ring (bicyclic) bond motifs is 1. The average Bonchev–Trinajstić information content (AvgIpc) is 2.91. The normalized spacial score (nSPS) is 16.4. The molecular weight excluding hydrogens is 568 g/mol. The number of rotatable bonds is 8. The topological polar surface area (TPSA) is 111 Å². The van der Waals surface area contributed by atoms with Gasteiger partial charge in [-0.1, -0.05) is 53.7 Å². The Labute approximate surface area is 255 Å². The summed E-state index contributed by atoms with van der Waals surface area (Å²) in [5.41, 5.74) is 2.86. The van der Waals surface area contributed by atoms with Crippen molar-refractivity contribution in [2.45, 2.75) is 84.1 Å². The zero-order valence-corrected chi connectivity index (χ0v) is 27.7. The largest absolute Gasteiger partial charge is 0.493 e. The molecule has 1 atom stereocenters. The third-order valence-corrected chi connectivity index (χ3v) is 9.19. The van der Waals surface area contributed by atoms with Crippen LogP contribution in [0.3, 0.4) is 0 Å². The van der Waals surface area contributed by atoms with E-state index in [0.717, 1.165) is 18.7 Å². The van der Waals surface area contributed by atoms with E-state index in [1.807, 2.05) is 53.8 Å². The standard InChI is InChI=1S/C32H44N4O6S/c1-18(2)23-13-24(19(3)4)30(25(14-23)20(5)6)43(38,39)42-31-26-15-29(28(40-10)16-27(26)33-22(8)34-31)41-32(37)36-12-11-35(9)17-21(36)7/h13-16,18-21H,11-12,17H2,1-10H3. The van der Waals surface area contributed by atoms with E-state index in [1.54, 1.807) is 17.9 Å². The Kier molecular flexibility index (Phi) is 9.56. The number of aryl methyl sites for hydroxylation is 1. The van der Waals surface area contributed by atoms with Gasteiger partial charge in [0, 0.05) is 31.7 Å². The molecule has 0 N–H and O–H groups in total. The van der Waals surface area contributed by atoms with Gasteiger partial charge in [-0.2, -0.15) is 13.4 Å². The van der Waals surface area contributed by atoms with Gasteiger partial charge in [0.05, 0.1) is 18.0 Å². The second-order valence-electron chi connectivity index (χ2n) is 12.3. The molecule has 0 radical (unpaired) electrons. The molecule has 1 aliphatic heterocycles. The number of carbonyl (C=O) groups is 1. The molecule has 2 heterocycles. The second kappa shape index (κ2) is 12.7. The van der Waals surface area contributed by atoms with E-state index in [-0.39, 0.29) is 51.5 Å². The van der Waals surface area contributed by atoms with Gasteiger partial charge in [-0.25, -0.2) is 9.78 Å². The Morgan fingerprint density at radius 1 is 0.930 bits per heavy atom. The van der Waals surface area contributed by atoms with Crippen molar-refractivity contribution < 1.29 is 26.9 Å². The van der Waals surface area contributed by atoms with Crippen molar-refractivity contribution in [2.75, 3.05) is 33.8 Å². The molecule has 0 saturated carbocycles. The van der Waals surface area contributed by atoms with Gasteiger partial charge in [0.2, 0.25) is 5.88 Å². The number of hydrogen-bond acceptors (Lipinski definition) is 9. The number of hydrogen-bond donors (Lipinski definition) is 0. The summed E-state index contributed by atoms with van der Waals surface area (Å²) in [6, 6.07) is 6.98. The number of ether oxygens (including phenoxy) is 2. The third-order valence-electron chi connectivity index (χ3n) is 7.84. The van der Waals surface area contributed by atoms with E-state index in [4.69, 9.17) is 13.7 Å². The van der Waals surface area contributed by atoms with Crippen molar-refractivity contribution in [3.8, 4) is 17.4 Å².